The smallest absolute Gasteiger partial charge is 0.387 e. The van der Waals surface area contributed by atoms with Crippen LogP contribution in [0.15, 0.2) is 24.3 Å². The van der Waals surface area contributed by atoms with Gasteiger partial charge < -0.3 is 9.84 Å². The average molecular weight is 273 g/mol. The first-order valence-corrected chi connectivity index (χ1v) is 6.29. The summed E-state index contributed by atoms with van der Waals surface area (Å²) in [7, 11) is 0. The predicted molar refractivity (Wildman–Crippen MR) is 70.3 cm³/mol. The standard InChI is InChI=1S/C14H21F2NO2/c1-4-17(10-14(2,3)18)9-11-7-5-6-8-12(11)19-13(15)16/h5-8,13,18H,4,9-10H2,1-3H3. The van der Waals surface area contributed by atoms with Crippen LogP contribution >= 0.6 is 0 Å². The summed E-state index contributed by atoms with van der Waals surface area (Å²) in [5, 5.41) is 9.82. The van der Waals surface area contributed by atoms with Crippen molar-refractivity contribution in [2.45, 2.75) is 39.5 Å². The Bertz CT molecular complexity index is 391. The highest BCUT2D eigenvalue weighted by Gasteiger charge is 2.19. The summed E-state index contributed by atoms with van der Waals surface area (Å²) in [6.07, 6.45) is 0. The molecule has 0 saturated heterocycles. The van der Waals surface area contributed by atoms with E-state index in [1.807, 2.05) is 11.8 Å². The van der Waals surface area contributed by atoms with Gasteiger partial charge in [0, 0.05) is 18.7 Å². The largest absolute Gasteiger partial charge is 0.434 e. The van der Waals surface area contributed by atoms with E-state index < -0.39 is 12.2 Å². The van der Waals surface area contributed by atoms with Gasteiger partial charge in [0.1, 0.15) is 5.75 Å². The van der Waals surface area contributed by atoms with Crippen molar-refractivity contribution in [1.29, 1.82) is 0 Å². The van der Waals surface area contributed by atoms with Crippen LogP contribution in [-0.2, 0) is 6.54 Å². The molecule has 0 bridgehead atoms. The van der Waals surface area contributed by atoms with Gasteiger partial charge in [-0.05, 0) is 26.5 Å². The Morgan fingerprint density at radius 1 is 1.32 bits per heavy atom. The highest BCUT2D eigenvalue weighted by atomic mass is 19.3. The van der Waals surface area contributed by atoms with E-state index in [0.29, 0.717) is 25.2 Å². The summed E-state index contributed by atoms with van der Waals surface area (Å²) in [5.74, 6) is 0.187. The van der Waals surface area contributed by atoms with Gasteiger partial charge in [-0.25, -0.2) is 0 Å². The van der Waals surface area contributed by atoms with Crippen LogP contribution in [0.3, 0.4) is 0 Å². The first-order valence-electron chi connectivity index (χ1n) is 6.29. The Morgan fingerprint density at radius 3 is 2.47 bits per heavy atom. The summed E-state index contributed by atoms with van der Waals surface area (Å²) < 4.78 is 29.1. The molecule has 0 saturated carbocycles. The van der Waals surface area contributed by atoms with Gasteiger partial charge in [0.25, 0.3) is 0 Å². The minimum atomic E-state index is -2.83. The molecule has 5 heteroatoms. The fourth-order valence-corrected chi connectivity index (χ4v) is 1.91. The monoisotopic (exact) mass is 273 g/mol. The van der Waals surface area contributed by atoms with E-state index in [2.05, 4.69) is 4.74 Å². The molecule has 0 aliphatic rings. The number of rotatable bonds is 7. The lowest BCUT2D eigenvalue weighted by molar-refractivity contribution is -0.0510. The fraction of sp³-hybridized carbons (Fsp3) is 0.571. The zero-order chi connectivity index (χ0) is 14.5. The Balaban J connectivity index is 2.79. The van der Waals surface area contributed by atoms with Gasteiger partial charge in [-0.2, -0.15) is 8.78 Å². The minimum absolute atomic E-state index is 0.187. The third-order valence-electron chi connectivity index (χ3n) is 2.64. The third-order valence-corrected chi connectivity index (χ3v) is 2.64. The molecule has 0 amide bonds. The summed E-state index contributed by atoms with van der Waals surface area (Å²) >= 11 is 0. The van der Waals surface area contributed by atoms with Crippen LogP contribution in [0.1, 0.15) is 26.3 Å². The van der Waals surface area contributed by atoms with Crippen LogP contribution in [0.5, 0.6) is 5.75 Å². The Hall–Kier alpha value is -1.20. The van der Waals surface area contributed by atoms with Crippen molar-refractivity contribution in [3.63, 3.8) is 0 Å². The lowest BCUT2D eigenvalue weighted by Crippen LogP contribution is -2.38. The molecule has 1 rings (SSSR count). The van der Waals surface area contributed by atoms with Gasteiger partial charge in [0.05, 0.1) is 5.60 Å². The summed E-state index contributed by atoms with van der Waals surface area (Å²) in [6.45, 7) is 4.21. The maximum atomic E-state index is 12.3. The highest BCUT2D eigenvalue weighted by Crippen LogP contribution is 2.22. The molecule has 0 fully saturated rings. The van der Waals surface area contributed by atoms with E-state index in [1.54, 1.807) is 32.0 Å². The van der Waals surface area contributed by atoms with Gasteiger partial charge in [0.15, 0.2) is 0 Å². The molecule has 0 unspecified atom stereocenters. The molecule has 1 N–H and O–H groups in total. The van der Waals surface area contributed by atoms with E-state index in [0.717, 1.165) is 0 Å². The van der Waals surface area contributed by atoms with Crippen molar-refractivity contribution in [1.82, 2.24) is 4.90 Å². The molecule has 1 aromatic rings. The quantitative estimate of drug-likeness (QED) is 0.829. The molecule has 0 aliphatic heterocycles. The molecule has 0 heterocycles. The second kappa shape index (κ2) is 6.82. The van der Waals surface area contributed by atoms with Crippen LogP contribution in [0.25, 0.3) is 0 Å². The zero-order valence-corrected chi connectivity index (χ0v) is 11.6. The van der Waals surface area contributed by atoms with E-state index in [-0.39, 0.29) is 5.75 Å². The number of para-hydroxylation sites is 1. The lowest BCUT2D eigenvalue weighted by Gasteiger charge is -2.28. The van der Waals surface area contributed by atoms with Crippen LogP contribution < -0.4 is 4.74 Å². The Labute approximate surface area is 112 Å². The molecule has 0 spiro atoms. The van der Waals surface area contributed by atoms with E-state index in [9.17, 15) is 13.9 Å². The number of nitrogens with zero attached hydrogens (tertiary/aromatic N) is 1. The minimum Gasteiger partial charge on any atom is -0.434 e. The van der Waals surface area contributed by atoms with Crippen LogP contribution in [0.2, 0.25) is 0 Å². The van der Waals surface area contributed by atoms with E-state index >= 15 is 0 Å². The maximum Gasteiger partial charge on any atom is 0.387 e. The molecule has 0 radical (unpaired) electrons. The summed E-state index contributed by atoms with van der Waals surface area (Å²) in [6, 6.07) is 6.73. The van der Waals surface area contributed by atoms with E-state index in [4.69, 9.17) is 0 Å². The average Bonchev–Trinajstić information content (AvgIpc) is 2.28. The summed E-state index contributed by atoms with van der Waals surface area (Å²) in [4.78, 5) is 1.98. The second-order valence-corrected chi connectivity index (χ2v) is 5.10. The number of aliphatic hydroxyl groups is 1. The Morgan fingerprint density at radius 2 is 1.95 bits per heavy atom. The molecule has 1 aromatic carbocycles. The van der Waals surface area contributed by atoms with Gasteiger partial charge in [-0.1, -0.05) is 25.1 Å². The lowest BCUT2D eigenvalue weighted by atomic mass is 10.1. The zero-order valence-electron chi connectivity index (χ0n) is 11.6. The van der Waals surface area contributed by atoms with Crippen molar-refractivity contribution in [3.05, 3.63) is 29.8 Å². The first kappa shape index (κ1) is 15.9. The van der Waals surface area contributed by atoms with E-state index in [1.165, 1.54) is 6.07 Å². The third kappa shape index (κ3) is 5.98. The van der Waals surface area contributed by atoms with Crippen LogP contribution in [0.4, 0.5) is 8.78 Å². The van der Waals surface area contributed by atoms with Crippen molar-refractivity contribution < 1.29 is 18.6 Å². The van der Waals surface area contributed by atoms with Gasteiger partial charge in [0.2, 0.25) is 0 Å². The predicted octanol–water partition coefficient (Wildman–Crippen LogP) is 2.88. The molecule has 0 atom stereocenters. The number of likely N-dealkylation sites (N-methyl/N-ethyl adjacent to an activating group) is 1. The molecular weight excluding hydrogens is 252 g/mol. The molecule has 0 aromatic heterocycles. The number of hydrogen-bond donors (Lipinski definition) is 1. The SMILES string of the molecule is CCN(Cc1ccccc1OC(F)F)CC(C)(C)O. The van der Waals surface area contributed by atoms with Crippen LogP contribution in [-0.4, -0.2) is 35.3 Å². The van der Waals surface area contributed by atoms with Gasteiger partial charge in [-0.3, -0.25) is 4.90 Å². The normalized spacial score (nSPS) is 12.2. The summed E-state index contributed by atoms with van der Waals surface area (Å²) in [5.41, 5.74) is -0.136. The number of hydrogen-bond acceptors (Lipinski definition) is 3. The second-order valence-electron chi connectivity index (χ2n) is 5.10. The topological polar surface area (TPSA) is 32.7 Å². The number of halogens is 2. The Kier molecular flexibility index (Phi) is 5.69. The molecular formula is C14H21F2NO2. The molecule has 0 aliphatic carbocycles. The molecule has 108 valence electrons. The van der Waals surface area contributed by atoms with Crippen LogP contribution in [0, 0.1) is 0 Å². The molecule has 19 heavy (non-hydrogen) atoms. The van der Waals surface area contributed by atoms with Gasteiger partial charge >= 0.3 is 6.61 Å². The van der Waals surface area contributed by atoms with Gasteiger partial charge in [-0.15, -0.1) is 0 Å². The first-order chi connectivity index (χ1) is 8.81. The van der Waals surface area contributed by atoms with Crippen molar-refractivity contribution in [2.75, 3.05) is 13.1 Å². The number of benzene rings is 1. The van der Waals surface area contributed by atoms with Crippen molar-refractivity contribution in [3.8, 4) is 5.75 Å². The molecule has 3 nitrogen and oxygen atoms in total. The number of alkyl halides is 2. The van der Waals surface area contributed by atoms with Crippen molar-refractivity contribution in [2.24, 2.45) is 0 Å². The fourth-order valence-electron chi connectivity index (χ4n) is 1.91. The maximum absolute atomic E-state index is 12.3. The van der Waals surface area contributed by atoms with Crippen molar-refractivity contribution >= 4 is 0 Å². The number of ether oxygens (including phenoxy) is 1. The highest BCUT2D eigenvalue weighted by molar-refractivity contribution is 5.33.